The fourth-order valence-electron chi connectivity index (χ4n) is 2.33. The highest BCUT2D eigenvalue weighted by atomic mass is 16.6. The van der Waals surface area contributed by atoms with Gasteiger partial charge >= 0.3 is 5.97 Å². The van der Waals surface area contributed by atoms with Crippen molar-refractivity contribution in [1.29, 1.82) is 0 Å². The molecule has 0 saturated carbocycles. The molecule has 2 rings (SSSR count). The van der Waals surface area contributed by atoms with Gasteiger partial charge in [0, 0.05) is 17.8 Å². The van der Waals surface area contributed by atoms with Gasteiger partial charge in [-0.1, -0.05) is 18.6 Å². The third-order valence-corrected chi connectivity index (χ3v) is 3.62. The Bertz CT molecular complexity index is 630. The van der Waals surface area contributed by atoms with Crippen molar-refractivity contribution in [1.82, 2.24) is 4.90 Å². The zero-order valence-corrected chi connectivity index (χ0v) is 13.3. The summed E-state index contributed by atoms with van der Waals surface area (Å²) in [5, 5.41) is 0.927. The van der Waals surface area contributed by atoms with Crippen molar-refractivity contribution in [2.45, 2.75) is 26.9 Å². The van der Waals surface area contributed by atoms with Crippen LogP contribution in [0.15, 0.2) is 28.7 Å². The van der Waals surface area contributed by atoms with Crippen LogP contribution in [-0.4, -0.2) is 37.6 Å². The fraction of sp³-hybridized carbons (Fsp3) is 0.471. The van der Waals surface area contributed by atoms with Crippen LogP contribution in [0.5, 0.6) is 0 Å². The topological polar surface area (TPSA) is 42.7 Å². The molecule has 0 fully saturated rings. The largest absolute Gasteiger partial charge is 0.456 e. The van der Waals surface area contributed by atoms with Gasteiger partial charge in [0.05, 0.1) is 0 Å². The minimum Gasteiger partial charge on any atom is -0.456 e. The van der Waals surface area contributed by atoms with Gasteiger partial charge in [-0.15, -0.1) is 0 Å². The Kier molecular flexibility index (Phi) is 4.68. The molecule has 1 heterocycles. The third-order valence-electron chi connectivity index (χ3n) is 3.62. The lowest BCUT2D eigenvalue weighted by molar-refractivity contribution is 0.0156. The second-order valence-corrected chi connectivity index (χ2v) is 6.00. The first-order chi connectivity index (χ1) is 9.86. The van der Waals surface area contributed by atoms with Crippen molar-refractivity contribution in [3.05, 3.63) is 35.6 Å². The molecular weight excluding hydrogens is 266 g/mol. The highest BCUT2D eigenvalue weighted by Gasteiger charge is 2.21. The molecule has 0 spiro atoms. The summed E-state index contributed by atoms with van der Waals surface area (Å²) in [5.74, 6) is 0.122. The molecule has 0 amide bonds. The number of nitrogens with zero attached hydrogens (tertiary/aromatic N) is 1. The second-order valence-electron chi connectivity index (χ2n) is 6.00. The maximum absolute atomic E-state index is 12.2. The lowest BCUT2D eigenvalue weighted by Crippen LogP contribution is -2.30. The predicted molar refractivity (Wildman–Crippen MR) is 83.5 cm³/mol. The summed E-state index contributed by atoms with van der Waals surface area (Å²) >= 11 is 0. The van der Waals surface area contributed by atoms with Crippen LogP contribution in [0.1, 0.15) is 30.0 Å². The summed E-state index contributed by atoms with van der Waals surface area (Å²) < 4.78 is 11.1. The van der Waals surface area contributed by atoms with Crippen molar-refractivity contribution in [3.8, 4) is 0 Å². The zero-order valence-electron chi connectivity index (χ0n) is 13.3. The van der Waals surface area contributed by atoms with Crippen LogP contribution in [-0.2, 0) is 4.74 Å². The molecule has 1 aromatic heterocycles. The van der Waals surface area contributed by atoms with E-state index in [1.54, 1.807) is 6.07 Å². The third kappa shape index (κ3) is 3.85. The number of fused-ring (bicyclic) bond motifs is 1. The van der Waals surface area contributed by atoms with Crippen LogP contribution in [0.4, 0.5) is 0 Å². The molecule has 0 aliphatic heterocycles. The van der Waals surface area contributed by atoms with E-state index in [4.69, 9.17) is 9.15 Å². The Labute approximate surface area is 125 Å². The van der Waals surface area contributed by atoms with Crippen molar-refractivity contribution >= 4 is 16.9 Å². The minimum absolute atomic E-state index is 0.158. The fourth-order valence-corrected chi connectivity index (χ4v) is 2.33. The average Bonchev–Trinajstić information content (AvgIpc) is 2.80. The molecule has 2 aromatic rings. The van der Waals surface area contributed by atoms with E-state index >= 15 is 0 Å². The summed E-state index contributed by atoms with van der Waals surface area (Å²) in [6.45, 7) is 6.86. The highest BCUT2D eigenvalue weighted by molar-refractivity contribution is 5.92. The molecule has 0 unspecified atom stereocenters. The normalized spacial score (nSPS) is 14.4. The van der Waals surface area contributed by atoms with Gasteiger partial charge in [-0.2, -0.15) is 0 Å². The van der Waals surface area contributed by atoms with E-state index in [1.807, 2.05) is 46.1 Å². The molecule has 1 aromatic carbocycles. The van der Waals surface area contributed by atoms with Gasteiger partial charge in [0.2, 0.25) is 5.76 Å². The number of hydrogen-bond donors (Lipinski definition) is 0. The monoisotopic (exact) mass is 289 g/mol. The highest BCUT2D eigenvalue weighted by Crippen LogP contribution is 2.22. The Balaban J connectivity index is 2.08. The molecule has 0 N–H and O–H groups in total. The van der Waals surface area contributed by atoms with Crippen LogP contribution in [0.2, 0.25) is 0 Å². The number of carbonyl (C=O) groups excluding carboxylic acids is 1. The van der Waals surface area contributed by atoms with Crippen molar-refractivity contribution in [2.24, 2.45) is 5.92 Å². The maximum atomic E-state index is 12.2. The van der Waals surface area contributed by atoms with Crippen molar-refractivity contribution in [2.75, 3.05) is 20.6 Å². The molecule has 2 atom stereocenters. The molecule has 21 heavy (non-hydrogen) atoms. The standard InChI is InChI=1S/C17H23NO3/c1-11-6-7-15-14(8-11)9-16(21-15)17(19)20-13(3)12(2)10-18(4)5/h6-9,12-13H,10H2,1-5H3/t12-,13-/m1/s1. The maximum Gasteiger partial charge on any atom is 0.374 e. The Hall–Kier alpha value is -1.81. The molecular formula is C17H23NO3. The number of carbonyl (C=O) groups is 1. The van der Waals surface area contributed by atoms with Gasteiger partial charge in [-0.05, 0) is 46.1 Å². The predicted octanol–water partition coefficient (Wildman–Crippen LogP) is 3.48. The second kappa shape index (κ2) is 6.31. The average molecular weight is 289 g/mol. The molecule has 114 valence electrons. The minimum atomic E-state index is -0.401. The first-order valence-corrected chi connectivity index (χ1v) is 7.22. The van der Waals surface area contributed by atoms with Gasteiger partial charge in [0.25, 0.3) is 0 Å². The van der Waals surface area contributed by atoms with Gasteiger partial charge in [0.15, 0.2) is 0 Å². The molecule has 0 saturated heterocycles. The van der Waals surface area contributed by atoms with Crippen LogP contribution in [0.25, 0.3) is 11.0 Å². The van der Waals surface area contributed by atoms with Gasteiger partial charge < -0.3 is 14.1 Å². The molecule has 4 nitrogen and oxygen atoms in total. The van der Waals surface area contributed by atoms with Crippen LogP contribution in [0.3, 0.4) is 0 Å². The number of ether oxygens (including phenoxy) is 1. The summed E-state index contributed by atoms with van der Waals surface area (Å²) in [6.07, 6.45) is -0.158. The number of hydrogen-bond acceptors (Lipinski definition) is 4. The van der Waals surface area contributed by atoms with E-state index in [-0.39, 0.29) is 17.8 Å². The molecule has 0 bridgehead atoms. The first kappa shape index (κ1) is 15.6. The smallest absolute Gasteiger partial charge is 0.374 e. The van der Waals surface area contributed by atoms with Gasteiger partial charge in [0.1, 0.15) is 11.7 Å². The number of aryl methyl sites for hydroxylation is 1. The first-order valence-electron chi connectivity index (χ1n) is 7.22. The molecule has 0 aliphatic carbocycles. The van der Waals surface area contributed by atoms with Crippen molar-refractivity contribution < 1.29 is 13.9 Å². The number of furan rings is 1. The van der Waals surface area contributed by atoms with E-state index in [0.717, 1.165) is 17.5 Å². The lowest BCUT2D eigenvalue weighted by Gasteiger charge is -2.22. The van der Waals surface area contributed by atoms with E-state index < -0.39 is 5.97 Å². The van der Waals surface area contributed by atoms with Crippen LogP contribution in [0, 0.1) is 12.8 Å². The zero-order chi connectivity index (χ0) is 15.6. The summed E-state index contributed by atoms with van der Waals surface area (Å²) in [6, 6.07) is 7.57. The molecule has 0 aliphatic rings. The van der Waals surface area contributed by atoms with Crippen LogP contribution >= 0.6 is 0 Å². The number of rotatable bonds is 5. The summed E-state index contributed by atoms with van der Waals surface area (Å²) in [7, 11) is 4.01. The van der Waals surface area contributed by atoms with Crippen LogP contribution < -0.4 is 0 Å². The number of benzene rings is 1. The van der Waals surface area contributed by atoms with Gasteiger partial charge in [-0.3, -0.25) is 0 Å². The van der Waals surface area contributed by atoms with Crippen molar-refractivity contribution in [3.63, 3.8) is 0 Å². The Morgan fingerprint density at radius 3 is 2.67 bits per heavy atom. The molecule has 4 heteroatoms. The van der Waals surface area contributed by atoms with E-state index in [2.05, 4.69) is 11.8 Å². The Morgan fingerprint density at radius 2 is 2.00 bits per heavy atom. The summed E-state index contributed by atoms with van der Waals surface area (Å²) in [4.78, 5) is 14.3. The van der Waals surface area contributed by atoms with E-state index in [1.165, 1.54) is 0 Å². The van der Waals surface area contributed by atoms with E-state index in [0.29, 0.717) is 5.58 Å². The van der Waals surface area contributed by atoms with E-state index in [9.17, 15) is 4.79 Å². The Morgan fingerprint density at radius 1 is 1.29 bits per heavy atom. The quantitative estimate of drug-likeness (QED) is 0.790. The molecule has 0 radical (unpaired) electrons. The lowest BCUT2D eigenvalue weighted by atomic mass is 10.1. The number of esters is 1. The summed E-state index contributed by atoms with van der Waals surface area (Å²) in [5.41, 5.74) is 1.85. The SMILES string of the molecule is Cc1ccc2oc(C(=O)O[C@H](C)[C@H](C)CN(C)C)cc2c1. The van der Waals surface area contributed by atoms with Gasteiger partial charge in [-0.25, -0.2) is 4.79 Å².